The Kier molecular flexibility index (Phi) is 4.85. The molecule has 1 aromatic carbocycles. The second-order valence-electron chi connectivity index (χ2n) is 1.68. The summed E-state index contributed by atoms with van der Waals surface area (Å²) in [6.07, 6.45) is 0. The maximum atomic E-state index is 12.5. The van der Waals surface area contributed by atoms with Crippen LogP contribution in [0.25, 0.3) is 0 Å². The Morgan fingerprint density at radius 3 is 1.91 bits per heavy atom. The number of rotatable bonds is 0. The van der Waals surface area contributed by atoms with Gasteiger partial charge in [-0.05, 0) is 28.1 Å². The molecule has 0 aliphatic rings. The van der Waals surface area contributed by atoms with Crippen LogP contribution >= 0.6 is 27.5 Å². The highest BCUT2D eigenvalue weighted by Gasteiger charge is 2.05. The first-order valence-corrected chi connectivity index (χ1v) is 3.58. The lowest BCUT2D eigenvalue weighted by Gasteiger charge is -1.95. The third-order valence-corrected chi connectivity index (χ3v) is 1.92. The van der Waals surface area contributed by atoms with Gasteiger partial charge in [0.15, 0.2) is 0 Å². The van der Waals surface area contributed by atoms with Crippen molar-refractivity contribution in [3.63, 3.8) is 0 Å². The first-order chi connectivity index (χ1) is 4.61. The molecule has 0 nitrogen and oxygen atoms in total. The van der Waals surface area contributed by atoms with E-state index in [0.29, 0.717) is 0 Å². The standard InChI is InChI=1S/C6H2BrClF2.Mg.2H/c7-6-4(9)1-3(8)2-5(6)10;;;/h1-2H;;;. The highest BCUT2D eigenvalue weighted by atomic mass is 79.9. The van der Waals surface area contributed by atoms with Crippen LogP contribution in [0.2, 0.25) is 5.02 Å². The van der Waals surface area contributed by atoms with Crippen LogP contribution in [0.3, 0.4) is 0 Å². The van der Waals surface area contributed by atoms with Crippen molar-refractivity contribution < 1.29 is 8.78 Å². The molecule has 0 saturated heterocycles. The maximum absolute atomic E-state index is 12.5. The minimum atomic E-state index is -0.690. The Hall–Kier alpha value is 0.616. The fourth-order valence-corrected chi connectivity index (χ4v) is 0.945. The highest BCUT2D eigenvalue weighted by molar-refractivity contribution is 9.10. The molecule has 0 unspecified atom stereocenters. The van der Waals surface area contributed by atoms with E-state index in [4.69, 9.17) is 11.6 Å². The summed E-state index contributed by atoms with van der Waals surface area (Å²) in [7, 11) is 0. The Labute approximate surface area is 92.2 Å². The van der Waals surface area contributed by atoms with E-state index in [1.54, 1.807) is 0 Å². The Bertz CT molecular complexity index is 244. The molecule has 0 amide bonds. The summed E-state index contributed by atoms with van der Waals surface area (Å²) in [6.45, 7) is 0. The van der Waals surface area contributed by atoms with Crippen LogP contribution in [0.15, 0.2) is 16.6 Å². The molecule has 1 rings (SSSR count). The average molecular weight is 254 g/mol. The van der Waals surface area contributed by atoms with E-state index in [9.17, 15) is 8.78 Å². The molecule has 0 aliphatic heterocycles. The lowest BCUT2D eigenvalue weighted by atomic mass is 10.3. The molecule has 11 heavy (non-hydrogen) atoms. The number of benzene rings is 1. The first kappa shape index (κ1) is 11.6. The normalized spacial score (nSPS) is 9.09. The predicted molar refractivity (Wildman–Crippen MR) is 47.6 cm³/mol. The van der Waals surface area contributed by atoms with Crippen LogP contribution < -0.4 is 0 Å². The Morgan fingerprint density at radius 1 is 1.18 bits per heavy atom. The van der Waals surface area contributed by atoms with E-state index in [-0.39, 0.29) is 32.5 Å². The molecule has 0 bridgehead atoms. The van der Waals surface area contributed by atoms with Crippen molar-refractivity contribution in [3.8, 4) is 0 Å². The second kappa shape index (κ2) is 4.60. The lowest BCUT2D eigenvalue weighted by Crippen LogP contribution is -1.82. The van der Waals surface area contributed by atoms with Crippen molar-refractivity contribution in [2.24, 2.45) is 0 Å². The van der Waals surface area contributed by atoms with Crippen LogP contribution in [0.5, 0.6) is 0 Å². The van der Waals surface area contributed by atoms with Gasteiger partial charge in [-0.15, -0.1) is 0 Å². The maximum Gasteiger partial charge on any atom is 0.316 e. The van der Waals surface area contributed by atoms with E-state index in [1.165, 1.54) is 0 Å². The highest BCUT2D eigenvalue weighted by Crippen LogP contribution is 2.23. The minimum absolute atomic E-state index is 0. The van der Waals surface area contributed by atoms with E-state index in [1.807, 2.05) is 0 Å². The van der Waals surface area contributed by atoms with Gasteiger partial charge in [-0.2, -0.15) is 0 Å². The number of hydrogen-bond acceptors (Lipinski definition) is 0. The van der Waals surface area contributed by atoms with Gasteiger partial charge in [0.1, 0.15) is 11.6 Å². The largest absolute Gasteiger partial charge is 0.316 e. The molecule has 0 fully saturated rings. The van der Waals surface area contributed by atoms with E-state index in [0.717, 1.165) is 12.1 Å². The van der Waals surface area contributed by atoms with Crippen LogP contribution in [0, 0.1) is 11.6 Å². The van der Waals surface area contributed by atoms with Crippen molar-refractivity contribution in [3.05, 3.63) is 33.3 Å². The molecule has 0 N–H and O–H groups in total. The van der Waals surface area contributed by atoms with Gasteiger partial charge in [-0.25, -0.2) is 8.78 Å². The fourth-order valence-electron chi connectivity index (χ4n) is 0.525. The monoisotopic (exact) mass is 252 g/mol. The minimum Gasteiger partial charge on any atom is -0.206 e. The molecule has 0 heterocycles. The van der Waals surface area contributed by atoms with Crippen molar-refractivity contribution in [2.45, 2.75) is 0 Å². The first-order valence-electron chi connectivity index (χ1n) is 2.41. The van der Waals surface area contributed by atoms with Gasteiger partial charge in [0.25, 0.3) is 0 Å². The summed E-state index contributed by atoms with van der Waals surface area (Å²) in [5, 5.41) is 0.0539. The van der Waals surface area contributed by atoms with Crippen molar-refractivity contribution >= 4 is 50.6 Å². The van der Waals surface area contributed by atoms with Gasteiger partial charge in [0.2, 0.25) is 0 Å². The van der Waals surface area contributed by atoms with E-state index < -0.39 is 11.6 Å². The van der Waals surface area contributed by atoms with Crippen LogP contribution in [0.4, 0.5) is 8.78 Å². The van der Waals surface area contributed by atoms with Crippen LogP contribution in [-0.2, 0) is 0 Å². The zero-order valence-electron chi connectivity index (χ0n) is 4.67. The molecular weight excluding hydrogens is 250 g/mol. The van der Waals surface area contributed by atoms with Gasteiger partial charge < -0.3 is 0 Å². The third-order valence-electron chi connectivity index (χ3n) is 0.949. The summed E-state index contributed by atoms with van der Waals surface area (Å²) in [6, 6.07) is 2.07. The van der Waals surface area contributed by atoms with Gasteiger partial charge in [0, 0.05) is 5.02 Å². The second-order valence-corrected chi connectivity index (χ2v) is 2.91. The lowest BCUT2D eigenvalue weighted by molar-refractivity contribution is 0.572. The smallest absolute Gasteiger partial charge is 0.206 e. The van der Waals surface area contributed by atoms with Gasteiger partial charge in [0.05, 0.1) is 4.47 Å². The molecule has 58 valence electrons. The summed E-state index contributed by atoms with van der Waals surface area (Å²) in [5.41, 5.74) is 0. The Morgan fingerprint density at radius 2 is 1.55 bits per heavy atom. The molecule has 0 radical (unpaired) electrons. The topological polar surface area (TPSA) is 0 Å². The molecule has 1 aromatic rings. The molecule has 0 saturated carbocycles. The summed E-state index contributed by atoms with van der Waals surface area (Å²) in [5.74, 6) is -1.38. The molecule has 0 aromatic heterocycles. The third kappa shape index (κ3) is 2.85. The van der Waals surface area contributed by atoms with Crippen LogP contribution in [0.1, 0.15) is 0 Å². The number of halogens is 4. The summed E-state index contributed by atoms with van der Waals surface area (Å²) in [4.78, 5) is 0. The quantitative estimate of drug-likeness (QED) is 0.379. The van der Waals surface area contributed by atoms with Crippen molar-refractivity contribution in [1.82, 2.24) is 0 Å². The van der Waals surface area contributed by atoms with Gasteiger partial charge in [-0.1, -0.05) is 11.6 Å². The van der Waals surface area contributed by atoms with Gasteiger partial charge in [-0.3, -0.25) is 0 Å². The molecule has 0 atom stereocenters. The SMILES string of the molecule is Fc1cc(Cl)cc(F)c1Br.[MgH2]. The zero-order valence-corrected chi connectivity index (χ0v) is 7.01. The van der Waals surface area contributed by atoms with E-state index in [2.05, 4.69) is 15.9 Å². The Balaban J connectivity index is 0.000001000. The molecule has 5 heteroatoms. The number of hydrogen-bond donors (Lipinski definition) is 0. The van der Waals surface area contributed by atoms with Crippen molar-refractivity contribution in [1.29, 1.82) is 0 Å². The fraction of sp³-hybridized carbons (Fsp3) is 0. The summed E-state index contributed by atoms with van der Waals surface area (Å²) < 4.78 is 24.8. The predicted octanol–water partition coefficient (Wildman–Crippen LogP) is 2.46. The van der Waals surface area contributed by atoms with Crippen LogP contribution in [-0.4, -0.2) is 23.1 Å². The molecule has 0 spiro atoms. The summed E-state index contributed by atoms with van der Waals surface area (Å²) >= 11 is 8.03. The van der Waals surface area contributed by atoms with Crippen molar-refractivity contribution in [2.75, 3.05) is 0 Å². The van der Waals surface area contributed by atoms with E-state index >= 15 is 0 Å². The van der Waals surface area contributed by atoms with Gasteiger partial charge >= 0.3 is 23.1 Å². The molecule has 0 aliphatic carbocycles. The average Bonchev–Trinajstić information content (AvgIpc) is 1.82. The molecular formula is C6H4BrClF2Mg. The zero-order chi connectivity index (χ0) is 7.72.